The first kappa shape index (κ1) is 84.6. The lowest BCUT2D eigenvalue weighted by molar-refractivity contribution is -0.870. The van der Waals surface area contributed by atoms with Gasteiger partial charge in [-0.2, -0.15) is 0 Å². The van der Waals surface area contributed by atoms with Crippen LogP contribution in [0, 0.1) is 0 Å². The van der Waals surface area contributed by atoms with Gasteiger partial charge in [0.1, 0.15) is 13.2 Å². The standard InChI is InChI=1S/C82H125NO8/c1-6-8-10-12-14-16-18-20-22-24-26-28-30-32-33-34-35-36-37-38-39-40-41-42-43-44-45-46-47-49-51-53-55-57-59-61-63-65-67-69-71-73-80(85)91-78(77-90-82(81(86)87)88-75-74-83(3,4)5)76-89-79(84)72-70-68-66-64-62-60-58-56-54-52-50-48-31-29-27-25-23-21-19-17-15-13-11-9-7-2/h8-11,14-17,20-23,26-29,32-33,35-36,38-39,41-42,44-45,47-50,53-56,60,62,78,82H,6-7,12-13,18-19,24-25,30-31,34,37,40,43,46,51-52,57-59,61,63-77H2,1-5H3/p+1/b10-8-,11-9-,16-14-,17-15-,22-20-,23-21-,28-26-,29-27-,33-32-,36-35-,39-38-,42-41-,45-44-,49-47-,50-48-,55-53-,56-54-,62-60-. The average Bonchev–Trinajstić information content (AvgIpc) is 3.53. The van der Waals surface area contributed by atoms with Crippen molar-refractivity contribution < 1.29 is 42.9 Å². The third-order valence-corrected chi connectivity index (χ3v) is 13.7. The van der Waals surface area contributed by atoms with Gasteiger partial charge in [-0.1, -0.05) is 271 Å². The van der Waals surface area contributed by atoms with Gasteiger partial charge in [0.15, 0.2) is 6.10 Å². The highest BCUT2D eigenvalue weighted by atomic mass is 16.7. The second-order valence-electron chi connectivity index (χ2n) is 23.4. The van der Waals surface area contributed by atoms with E-state index in [0.717, 1.165) is 167 Å². The highest BCUT2D eigenvalue weighted by molar-refractivity contribution is 5.71. The SMILES string of the molecule is CC/C=C\C/C=C\C/C=C\C/C=C\C/C=C\C/C=C\C/C=C\C/C=C\C/C=C\C/C=C\C/C=C\CCCCCCCCCC(=O)OC(COC(=O)CCCCC/C=C\C/C=C\C/C=C\C/C=C\C/C=C\C/C=C\C/C=C\CC)COC(OCC[N+](C)(C)C)C(=O)O. The van der Waals surface area contributed by atoms with Gasteiger partial charge in [-0.15, -0.1) is 0 Å². The number of rotatable bonds is 61. The van der Waals surface area contributed by atoms with Crippen molar-refractivity contribution in [1.29, 1.82) is 0 Å². The molecule has 0 spiro atoms. The fraction of sp³-hybridized carbons (Fsp3) is 0.524. The summed E-state index contributed by atoms with van der Waals surface area (Å²) in [7, 11) is 5.94. The first-order valence-corrected chi connectivity index (χ1v) is 34.9. The van der Waals surface area contributed by atoms with Crippen molar-refractivity contribution in [3.05, 3.63) is 219 Å². The summed E-state index contributed by atoms with van der Waals surface area (Å²) in [5.41, 5.74) is 0. The van der Waals surface area contributed by atoms with E-state index in [1.807, 2.05) is 21.1 Å². The lowest BCUT2D eigenvalue weighted by Crippen LogP contribution is -2.40. The molecule has 0 bridgehead atoms. The summed E-state index contributed by atoms with van der Waals surface area (Å²) < 4.78 is 22.9. The molecule has 91 heavy (non-hydrogen) atoms. The van der Waals surface area contributed by atoms with Crippen LogP contribution in [0.2, 0.25) is 0 Å². The molecule has 0 saturated carbocycles. The maximum atomic E-state index is 12.9. The Balaban J connectivity index is 4.28. The molecule has 9 nitrogen and oxygen atoms in total. The van der Waals surface area contributed by atoms with Crippen molar-refractivity contribution in [2.45, 2.75) is 232 Å². The molecular weight excluding hydrogens is 1130 g/mol. The smallest absolute Gasteiger partial charge is 0.361 e. The van der Waals surface area contributed by atoms with Crippen LogP contribution in [0.1, 0.15) is 219 Å². The largest absolute Gasteiger partial charge is 0.477 e. The zero-order valence-electron chi connectivity index (χ0n) is 57.6. The fourth-order valence-corrected chi connectivity index (χ4v) is 8.47. The number of allylic oxidation sites excluding steroid dienone is 36. The first-order valence-electron chi connectivity index (χ1n) is 34.9. The average molecular weight is 1250 g/mol. The summed E-state index contributed by atoms with van der Waals surface area (Å²) in [4.78, 5) is 37.6. The zero-order chi connectivity index (χ0) is 66.1. The van der Waals surface area contributed by atoms with E-state index >= 15 is 0 Å². The van der Waals surface area contributed by atoms with Crippen molar-refractivity contribution in [3.8, 4) is 0 Å². The minimum absolute atomic E-state index is 0.167. The summed E-state index contributed by atoms with van der Waals surface area (Å²) in [6.45, 7) is 4.56. The molecule has 0 rings (SSSR count). The van der Waals surface area contributed by atoms with Crippen LogP contribution in [-0.4, -0.2) is 87.4 Å². The number of carbonyl (C=O) groups is 3. The van der Waals surface area contributed by atoms with E-state index in [1.54, 1.807) is 0 Å². The Morgan fingerprint density at radius 3 is 0.890 bits per heavy atom. The summed E-state index contributed by atoms with van der Waals surface area (Å²) in [6, 6.07) is 0. The zero-order valence-corrected chi connectivity index (χ0v) is 57.6. The van der Waals surface area contributed by atoms with Gasteiger partial charge >= 0.3 is 17.9 Å². The summed E-state index contributed by atoms with van der Waals surface area (Å²) >= 11 is 0. The van der Waals surface area contributed by atoms with E-state index in [1.165, 1.54) is 12.8 Å². The summed E-state index contributed by atoms with van der Waals surface area (Å²) in [5.74, 6) is -2.09. The van der Waals surface area contributed by atoms with Crippen LogP contribution < -0.4 is 0 Å². The molecule has 2 unspecified atom stereocenters. The Bertz CT molecular complexity index is 2300. The highest BCUT2D eigenvalue weighted by Gasteiger charge is 2.25. The molecule has 0 heterocycles. The number of esters is 2. The van der Waals surface area contributed by atoms with Crippen molar-refractivity contribution in [2.24, 2.45) is 0 Å². The summed E-state index contributed by atoms with van der Waals surface area (Å²) in [6.07, 6.45) is 108. The van der Waals surface area contributed by atoms with E-state index in [0.29, 0.717) is 23.9 Å². The molecule has 0 amide bonds. The van der Waals surface area contributed by atoms with E-state index in [-0.39, 0.29) is 38.6 Å². The molecule has 0 aliphatic heterocycles. The predicted molar refractivity (Wildman–Crippen MR) is 391 cm³/mol. The summed E-state index contributed by atoms with van der Waals surface area (Å²) in [5, 5.41) is 9.74. The van der Waals surface area contributed by atoms with Gasteiger partial charge in [0.05, 0.1) is 34.4 Å². The third-order valence-electron chi connectivity index (χ3n) is 13.7. The van der Waals surface area contributed by atoms with E-state index in [2.05, 4.69) is 233 Å². The monoisotopic (exact) mass is 1250 g/mol. The molecule has 0 aromatic heterocycles. The van der Waals surface area contributed by atoms with Gasteiger partial charge in [0, 0.05) is 12.8 Å². The fourth-order valence-electron chi connectivity index (χ4n) is 8.47. The molecule has 9 heteroatoms. The van der Waals surface area contributed by atoms with Crippen molar-refractivity contribution in [3.63, 3.8) is 0 Å². The van der Waals surface area contributed by atoms with Crippen molar-refractivity contribution in [1.82, 2.24) is 0 Å². The van der Waals surface area contributed by atoms with Crippen LogP contribution in [0.4, 0.5) is 0 Å². The number of aliphatic carboxylic acids is 1. The molecule has 0 aliphatic carbocycles. The van der Waals surface area contributed by atoms with Crippen LogP contribution in [0.15, 0.2) is 219 Å². The maximum Gasteiger partial charge on any atom is 0.361 e. The highest BCUT2D eigenvalue weighted by Crippen LogP contribution is 2.13. The normalized spacial score (nSPS) is 14.1. The Hall–Kier alpha value is -6.39. The molecule has 0 radical (unpaired) electrons. The Kier molecular flexibility index (Phi) is 64.6. The number of quaternary nitrogens is 1. The van der Waals surface area contributed by atoms with Crippen LogP contribution in [0.25, 0.3) is 0 Å². The van der Waals surface area contributed by atoms with E-state index in [4.69, 9.17) is 18.9 Å². The van der Waals surface area contributed by atoms with Crippen LogP contribution >= 0.6 is 0 Å². The first-order chi connectivity index (χ1) is 44.6. The molecule has 1 N–H and O–H groups in total. The number of hydrogen-bond donors (Lipinski definition) is 1. The van der Waals surface area contributed by atoms with Crippen LogP contribution in [-0.2, 0) is 33.3 Å². The number of likely N-dealkylation sites (N-methyl/N-ethyl adjacent to an activating group) is 1. The minimum atomic E-state index is -1.54. The van der Waals surface area contributed by atoms with Crippen molar-refractivity contribution in [2.75, 3.05) is 47.5 Å². The third kappa shape index (κ3) is 70.9. The van der Waals surface area contributed by atoms with Crippen LogP contribution in [0.5, 0.6) is 0 Å². The molecule has 2 atom stereocenters. The number of hydrogen-bond acceptors (Lipinski definition) is 7. The molecule has 0 aromatic carbocycles. The maximum absolute atomic E-state index is 12.9. The van der Waals surface area contributed by atoms with Gasteiger partial charge in [0.2, 0.25) is 0 Å². The van der Waals surface area contributed by atoms with Gasteiger partial charge in [-0.3, -0.25) is 9.59 Å². The second kappa shape index (κ2) is 69.5. The predicted octanol–water partition coefficient (Wildman–Crippen LogP) is 22.1. The van der Waals surface area contributed by atoms with Gasteiger partial charge < -0.3 is 28.5 Å². The molecule has 0 aromatic rings. The van der Waals surface area contributed by atoms with Crippen molar-refractivity contribution >= 4 is 17.9 Å². The van der Waals surface area contributed by atoms with Gasteiger partial charge in [-0.05, 0) is 154 Å². The molecule has 506 valence electrons. The molecule has 0 saturated heterocycles. The topological polar surface area (TPSA) is 108 Å². The minimum Gasteiger partial charge on any atom is -0.477 e. The number of ether oxygens (including phenoxy) is 4. The second-order valence-corrected chi connectivity index (χ2v) is 23.4. The molecule has 0 aliphatic rings. The lowest BCUT2D eigenvalue weighted by Gasteiger charge is -2.25. The van der Waals surface area contributed by atoms with Gasteiger partial charge in [0.25, 0.3) is 6.29 Å². The Morgan fingerprint density at radius 1 is 0.330 bits per heavy atom. The lowest BCUT2D eigenvalue weighted by atomic mass is 10.1. The molecular formula is C82H126NO8+. The number of carbonyl (C=O) groups excluding carboxylic acids is 2. The van der Waals surface area contributed by atoms with Crippen LogP contribution in [0.3, 0.4) is 0 Å². The number of unbranched alkanes of at least 4 members (excludes halogenated alkanes) is 10. The molecule has 0 fully saturated rings. The number of nitrogens with zero attached hydrogens (tertiary/aromatic N) is 1. The Morgan fingerprint density at radius 2 is 0.593 bits per heavy atom. The Labute approximate surface area is 556 Å². The number of carboxylic acid groups (broad SMARTS) is 1. The quantitative estimate of drug-likeness (QED) is 0.0211. The number of carboxylic acids is 1. The van der Waals surface area contributed by atoms with E-state index < -0.39 is 24.3 Å². The van der Waals surface area contributed by atoms with Gasteiger partial charge in [-0.25, -0.2) is 4.79 Å². The van der Waals surface area contributed by atoms with E-state index in [9.17, 15) is 19.5 Å².